The minimum atomic E-state index is 0.0766. The molecule has 2 heteroatoms. The van der Waals surface area contributed by atoms with Crippen molar-refractivity contribution in [3.8, 4) is 11.3 Å². The van der Waals surface area contributed by atoms with Gasteiger partial charge in [-0.15, -0.1) is 0 Å². The molecule has 1 nitrogen and oxygen atoms in total. The Balaban J connectivity index is 2.16. The van der Waals surface area contributed by atoms with Crippen LogP contribution in [0, 0.1) is 0 Å². The molecule has 0 fully saturated rings. The van der Waals surface area contributed by atoms with Crippen LogP contribution in [0.1, 0.15) is 84.6 Å². The molecule has 0 bridgehead atoms. The zero-order chi connectivity index (χ0) is 23.7. The fourth-order valence-corrected chi connectivity index (χ4v) is 5.32. The number of rotatable bonds is 3. The van der Waals surface area contributed by atoms with Gasteiger partial charge < -0.3 is 0 Å². The fourth-order valence-electron chi connectivity index (χ4n) is 3.80. The second kappa shape index (κ2) is 8.95. The van der Waals surface area contributed by atoms with Crippen molar-refractivity contribution in [1.29, 1.82) is 0 Å². The zero-order valence-electron chi connectivity index (χ0n) is 21.2. The number of hydrogen-bond donors (Lipinski definition) is 0. The van der Waals surface area contributed by atoms with Crippen LogP contribution in [-0.4, -0.2) is 10.8 Å². The van der Waals surface area contributed by atoms with Crippen molar-refractivity contribution in [1.82, 2.24) is 4.98 Å². The summed E-state index contributed by atoms with van der Waals surface area (Å²) in [5.74, 6) is 2.35. The number of pyridine rings is 1. The van der Waals surface area contributed by atoms with E-state index in [0.717, 1.165) is 11.3 Å². The standard InChI is InChI=1S/C30H38NP/c1-28(2,3)23-18-24(29(4,5)6)27(25(19-23)30(7,8)9)32-20-21-13-12-14-22(17-21)26-15-10-11-16-31-26/h10-20H,1-9H3. The largest absolute Gasteiger partial charge is 0.256 e. The average Bonchev–Trinajstić information content (AvgIpc) is 2.70. The summed E-state index contributed by atoms with van der Waals surface area (Å²) in [6.45, 7) is 21.0. The Morgan fingerprint density at radius 3 is 1.81 bits per heavy atom. The highest BCUT2D eigenvalue weighted by Crippen LogP contribution is 2.35. The predicted octanol–water partition coefficient (Wildman–Crippen LogP) is 8.06. The first-order valence-electron chi connectivity index (χ1n) is 11.5. The van der Waals surface area contributed by atoms with E-state index in [-0.39, 0.29) is 16.2 Å². The lowest BCUT2D eigenvalue weighted by molar-refractivity contribution is 0.554. The third-order valence-corrected chi connectivity index (χ3v) is 6.95. The van der Waals surface area contributed by atoms with Crippen LogP contribution in [0.2, 0.25) is 0 Å². The van der Waals surface area contributed by atoms with E-state index in [0.29, 0.717) is 0 Å². The van der Waals surface area contributed by atoms with Crippen LogP contribution in [0.25, 0.3) is 11.3 Å². The zero-order valence-corrected chi connectivity index (χ0v) is 22.1. The van der Waals surface area contributed by atoms with Crippen LogP contribution in [0.3, 0.4) is 0 Å². The first kappa shape index (κ1) is 24.4. The van der Waals surface area contributed by atoms with Crippen molar-refractivity contribution in [2.24, 2.45) is 0 Å². The van der Waals surface area contributed by atoms with Gasteiger partial charge >= 0.3 is 0 Å². The van der Waals surface area contributed by atoms with Crippen molar-refractivity contribution < 1.29 is 0 Å². The molecule has 168 valence electrons. The molecule has 0 unspecified atom stereocenters. The molecule has 3 aromatic rings. The van der Waals surface area contributed by atoms with Gasteiger partial charge in [0.25, 0.3) is 0 Å². The van der Waals surface area contributed by atoms with Crippen LogP contribution in [0.5, 0.6) is 0 Å². The van der Waals surface area contributed by atoms with Crippen molar-refractivity contribution in [3.05, 3.63) is 83.0 Å². The maximum Gasteiger partial charge on any atom is 0.0702 e. The number of hydrogen-bond acceptors (Lipinski definition) is 1. The Bertz CT molecular complexity index is 1070. The smallest absolute Gasteiger partial charge is 0.0702 e. The van der Waals surface area contributed by atoms with E-state index in [1.54, 1.807) is 0 Å². The Morgan fingerprint density at radius 2 is 1.31 bits per heavy atom. The molecule has 0 saturated heterocycles. The maximum atomic E-state index is 4.52. The van der Waals surface area contributed by atoms with Crippen LogP contribution >= 0.6 is 8.20 Å². The monoisotopic (exact) mass is 443 g/mol. The third kappa shape index (κ3) is 5.76. The molecule has 0 atom stereocenters. The van der Waals surface area contributed by atoms with Crippen molar-refractivity contribution >= 4 is 19.3 Å². The van der Waals surface area contributed by atoms with Gasteiger partial charge in [-0.1, -0.05) is 107 Å². The summed E-state index contributed by atoms with van der Waals surface area (Å²) < 4.78 is 0. The lowest BCUT2D eigenvalue weighted by Gasteiger charge is -2.32. The quantitative estimate of drug-likeness (QED) is 0.373. The first-order chi connectivity index (χ1) is 14.8. The van der Waals surface area contributed by atoms with E-state index in [9.17, 15) is 0 Å². The fraction of sp³-hybridized carbons (Fsp3) is 0.400. The van der Waals surface area contributed by atoms with E-state index in [1.165, 1.54) is 35.8 Å². The summed E-state index contributed by atoms with van der Waals surface area (Å²) in [4.78, 5) is 4.52. The van der Waals surface area contributed by atoms with E-state index in [4.69, 9.17) is 0 Å². The Hall–Kier alpha value is -2.24. The van der Waals surface area contributed by atoms with Gasteiger partial charge in [-0.25, -0.2) is 0 Å². The normalized spacial score (nSPS) is 13.0. The minimum Gasteiger partial charge on any atom is -0.256 e. The molecule has 0 aliphatic heterocycles. The molecule has 0 amide bonds. The van der Waals surface area contributed by atoms with Crippen molar-refractivity contribution in [2.75, 3.05) is 0 Å². The molecule has 0 radical (unpaired) electrons. The first-order valence-corrected chi connectivity index (χ1v) is 12.5. The molecular formula is C30H38NP. The summed E-state index contributed by atoms with van der Waals surface area (Å²) in [6.07, 6.45) is 1.85. The molecule has 2 aromatic carbocycles. The van der Waals surface area contributed by atoms with Gasteiger partial charge in [-0.2, -0.15) is 0 Å². The molecule has 0 aliphatic rings. The molecule has 0 saturated carbocycles. The summed E-state index contributed by atoms with van der Waals surface area (Å²) >= 11 is 0. The Morgan fingerprint density at radius 1 is 0.688 bits per heavy atom. The number of nitrogens with zero attached hydrogens (tertiary/aromatic N) is 1. The highest BCUT2D eigenvalue weighted by Gasteiger charge is 2.28. The van der Waals surface area contributed by atoms with Gasteiger partial charge in [-0.3, -0.25) is 4.98 Å². The van der Waals surface area contributed by atoms with Crippen LogP contribution in [-0.2, 0) is 16.2 Å². The van der Waals surface area contributed by atoms with Gasteiger partial charge in [-0.05, 0) is 62.5 Å². The van der Waals surface area contributed by atoms with E-state index < -0.39 is 0 Å². The third-order valence-electron chi connectivity index (χ3n) is 5.78. The second-order valence-electron chi connectivity index (χ2n) is 11.8. The molecule has 0 aliphatic carbocycles. The van der Waals surface area contributed by atoms with Gasteiger partial charge in [0.15, 0.2) is 0 Å². The lowest BCUT2D eigenvalue weighted by atomic mass is 9.75. The molecule has 0 spiro atoms. The van der Waals surface area contributed by atoms with E-state index >= 15 is 0 Å². The van der Waals surface area contributed by atoms with Crippen LogP contribution in [0.4, 0.5) is 0 Å². The van der Waals surface area contributed by atoms with Gasteiger partial charge in [0.2, 0.25) is 0 Å². The number of aromatic nitrogens is 1. The van der Waals surface area contributed by atoms with Crippen molar-refractivity contribution in [2.45, 2.75) is 78.6 Å². The van der Waals surface area contributed by atoms with Crippen molar-refractivity contribution in [3.63, 3.8) is 0 Å². The number of benzene rings is 2. The molecule has 1 heterocycles. The van der Waals surface area contributed by atoms with Gasteiger partial charge in [0, 0.05) is 17.1 Å². The highest BCUT2D eigenvalue weighted by molar-refractivity contribution is 7.48. The summed E-state index contributed by atoms with van der Waals surface area (Å²) in [6, 6.07) is 19.7. The summed E-state index contributed by atoms with van der Waals surface area (Å²) in [5, 5.41) is 1.45. The second-order valence-corrected chi connectivity index (χ2v) is 12.7. The van der Waals surface area contributed by atoms with Crippen LogP contribution < -0.4 is 5.30 Å². The highest BCUT2D eigenvalue weighted by atomic mass is 31.1. The molecule has 1 aromatic heterocycles. The van der Waals surface area contributed by atoms with Gasteiger partial charge in [0.1, 0.15) is 0 Å². The average molecular weight is 444 g/mol. The predicted molar refractivity (Wildman–Crippen MR) is 144 cm³/mol. The SMILES string of the molecule is CC(C)(C)c1cc(C(C)(C)C)c(P=Cc2cccc(-c3ccccn3)c2)c(C(C)(C)C)c1. The van der Waals surface area contributed by atoms with Gasteiger partial charge in [0.05, 0.1) is 5.69 Å². The maximum absolute atomic E-state index is 4.52. The molecule has 3 rings (SSSR count). The molecule has 0 N–H and O–H groups in total. The van der Waals surface area contributed by atoms with E-state index in [2.05, 4.69) is 116 Å². The minimum absolute atomic E-state index is 0.0766. The molecule has 32 heavy (non-hydrogen) atoms. The summed E-state index contributed by atoms with van der Waals surface area (Å²) in [7, 11) is 1.24. The Labute approximate surface area is 197 Å². The molecular weight excluding hydrogens is 405 g/mol. The Kier molecular flexibility index (Phi) is 6.83. The van der Waals surface area contributed by atoms with E-state index in [1.807, 2.05) is 18.3 Å². The van der Waals surface area contributed by atoms with Crippen LogP contribution in [0.15, 0.2) is 60.8 Å². The lowest BCUT2D eigenvalue weighted by Crippen LogP contribution is -2.29. The topological polar surface area (TPSA) is 12.9 Å². The summed E-state index contributed by atoms with van der Waals surface area (Å²) in [5.41, 5.74) is 8.00.